The predicted molar refractivity (Wildman–Crippen MR) is 122 cm³/mol. The molecule has 0 bridgehead atoms. The zero-order chi connectivity index (χ0) is 22.0. The summed E-state index contributed by atoms with van der Waals surface area (Å²) in [5.74, 6) is 0.720. The maximum absolute atomic E-state index is 13.7. The molecule has 0 amide bonds. The van der Waals surface area contributed by atoms with Gasteiger partial charge >= 0.3 is 0 Å². The second-order valence-corrected chi connectivity index (χ2v) is 8.42. The Bertz CT molecular complexity index is 1070. The van der Waals surface area contributed by atoms with E-state index >= 15 is 0 Å². The molecule has 164 valence electrons. The molecule has 1 saturated heterocycles. The van der Waals surface area contributed by atoms with E-state index in [0.29, 0.717) is 28.6 Å². The third kappa shape index (κ3) is 4.56. The van der Waals surface area contributed by atoms with Crippen LogP contribution in [-0.2, 0) is 6.54 Å². The summed E-state index contributed by atoms with van der Waals surface area (Å²) < 4.78 is 7.13. The minimum absolute atomic E-state index is 0.0241. The van der Waals surface area contributed by atoms with Gasteiger partial charge in [-0.25, -0.2) is 0 Å². The van der Waals surface area contributed by atoms with E-state index in [1.165, 1.54) is 0 Å². The Balaban J connectivity index is 1.80. The number of aryl methyl sites for hydroxylation is 1. The van der Waals surface area contributed by atoms with Crippen LogP contribution in [0.2, 0.25) is 5.02 Å². The third-order valence-corrected chi connectivity index (χ3v) is 6.35. The smallest absolute Gasteiger partial charge is 0.260 e. The van der Waals surface area contributed by atoms with E-state index in [1.807, 2.05) is 37.3 Å². The largest absolute Gasteiger partial charge is 0.507 e. The van der Waals surface area contributed by atoms with E-state index in [2.05, 4.69) is 16.7 Å². The van der Waals surface area contributed by atoms with E-state index in [-0.39, 0.29) is 17.4 Å². The van der Waals surface area contributed by atoms with E-state index in [1.54, 1.807) is 23.0 Å². The van der Waals surface area contributed by atoms with Crippen molar-refractivity contribution in [2.24, 2.45) is 0 Å². The summed E-state index contributed by atoms with van der Waals surface area (Å²) in [7, 11) is 0. The Morgan fingerprint density at radius 2 is 1.84 bits per heavy atom. The molecule has 31 heavy (non-hydrogen) atoms. The van der Waals surface area contributed by atoms with Crippen LogP contribution in [0.5, 0.6) is 5.75 Å². The zero-order valence-electron chi connectivity index (χ0n) is 17.9. The molecule has 0 radical (unpaired) electrons. The molecular formula is C24H28ClN3O3. The van der Waals surface area contributed by atoms with Gasteiger partial charge in [0.15, 0.2) is 0 Å². The average molecular weight is 442 g/mol. The Morgan fingerprint density at radius 1 is 1.13 bits per heavy atom. The fourth-order valence-corrected chi connectivity index (χ4v) is 4.45. The van der Waals surface area contributed by atoms with Crippen molar-refractivity contribution in [2.75, 3.05) is 32.7 Å². The molecule has 1 aromatic carbocycles. The molecule has 4 rings (SSSR count). The summed E-state index contributed by atoms with van der Waals surface area (Å²) in [6.45, 7) is 8.78. The molecule has 0 saturated carbocycles. The first kappa shape index (κ1) is 21.7. The lowest BCUT2D eigenvalue weighted by atomic mass is 9.96. The van der Waals surface area contributed by atoms with Crippen LogP contribution < -0.4 is 5.56 Å². The molecule has 3 aromatic rings. The molecule has 1 N–H and O–H groups in total. The number of nitrogens with zero attached hydrogens (tertiary/aromatic N) is 3. The standard InChI is InChI=1S/C24H28ClN3O3/c1-3-26-10-12-27(13-11-26)23(18-6-8-19(25)9-7-18)22-21(29)15-17(2)28(24(22)30)16-20-5-4-14-31-20/h4-9,14-15,23,29H,3,10-13,16H2,1-2H3/t23-/m1/s1. The van der Waals surface area contributed by atoms with Crippen molar-refractivity contribution >= 4 is 11.6 Å². The number of furan rings is 1. The van der Waals surface area contributed by atoms with Crippen molar-refractivity contribution < 1.29 is 9.52 Å². The highest BCUT2D eigenvalue weighted by atomic mass is 35.5. The van der Waals surface area contributed by atoms with Gasteiger partial charge < -0.3 is 19.0 Å². The molecular weight excluding hydrogens is 414 g/mol. The first-order valence-corrected chi connectivity index (χ1v) is 11.0. The normalized spacial score (nSPS) is 16.5. The Labute approximate surface area is 187 Å². The predicted octanol–water partition coefficient (Wildman–Crippen LogP) is 3.88. The number of pyridine rings is 1. The van der Waals surface area contributed by atoms with Gasteiger partial charge in [-0.1, -0.05) is 30.7 Å². The van der Waals surface area contributed by atoms with Crippen molar-refractivity contribution in [1.29, 1.82) is 0 Å². The summed E-state index contributed by atoms with van der Waals surface area (Å²) >= 11 is 6.13. The number of hydrogen-bond donors (Lipinski definition) is 1. The Kier molecular flexibility index (Phi) is 6.51. The molecule has 1 fully saturated rings. The van der Waals surface area contributed by atoms with Gasteiger partial charge in [-0.05, 0) is 49.4 Å². The van der Waals surface area contributed by atoms with Gasteiger partial charge in [0.25, 0.3) is 5.56 Å². The Morgan fingerprint density at radius 3 is 2.45 bits per heavy atom. The van der Waals surface area contributed by atoms with Crippen LogP contribution >= 0.6 is 11.6 Å². The number of rotatable bonds is 6. The van der Waals surface area contributed by atoms with Gasteiger partial charge in [-0.15, -0.1) is 0 Å². The summed E-state index contributed by atoms with van der Waals surface area (Å²) in [5, 5.41) is 11.6. The molecule has 0 spiro atoms. The van der Waals surface area contributed by atoms with Crippen LogP contribution in [0.1, 0.15) is 35.5 Å². The van der Waals surface area contributed by atoms with Gasteiger partial charge in [-0.2, -0.15) is 0 Å². The van der Waals surface area contributed by atoms with E-state index in [0.717, 1.165) is 38.3 Å². The van der Waals surface area contributed by atoms with Crippen molar-refractivity contribution in [3.8, 4) is 5.75 Å². The third-order valence-electron chi connectivity index (χ3n) is 6.10. The molecule has 1 atom stereocenters. The maximum Gasteiger partial charge on any atom is 0.260 e. The van der Waals surface area contributed by atoms with Gasteiger partial charge in [0.2, 0.25) is 0 Å². The minimum Gasteiger partial charge on any atom is -0.507 e. The number of halogens is 1. The summed E-state index contributed by atoms with van der Waals surface area (Å²) in [6.07, 6.45) is 1.60. The number of aromatic nitrogens is 1. The number of aromatic hydroxyl groups is 1. The summed E-state index contributed by atoms with van der Waals surface area (Å²) in [6, 6.07) is 12.5. The number of likely N-dealkylation sites (N-methyl/N-ethyl adjacent to an activating group) is 1. The molecule has 3 heterocycles. The van der Waals surface area contributed by atoms with Gasteiger partial charge in [0, 0.05) is 36.9 Å². The lowest BCUT2D eigenvalue weighted by Crippen LogP contribution is -2.48. The zero-order valence-corrected chi connectivity index (χ0v) is 18.7. The van der Waals surface area contributed by atoms with Crippen LogP contribution in [0.15, 0.2) is 57.9 Å². The van der Waals surface area contributed by atoms with Gasteiger partial charge in [-0.3, -0.25) is 9.69 Å². The van der Waals surface area contributed by atoms with Crippen LogP contribution in [0, 0.1) is 6.92 Å². The van der Waals surface area contributed by atoms with Gasteiger partial charge in [0.1, 0.15) is 11.5 Å². The lowest BCUT2D eigenvalue weighted by Gasteiger charge is -2.39. The highest BCUT2D eigenvalue weighted by Gasteiger charge is 2.31. The monoisotopic (exact) mass is 441 g/mol. The molecule has 1 aliphatic rings. The second kappa shape index (κ2) is 9.30. The average Bonchev–Trinajstić information content (AvgIpc) is 3.28. The van der Waals surface area contributed by atoms with Crippen molar-refractivity contribution in [2.45, 2.75) is 26.4 Å². The number of hydrogen-bond acceptors (Lipinski definition) is 5. The molecule has 0 aliphatic carbocycles. The summed E-state index contributed by atoms with van der Waals surface area (Å²) in [4.78, 5) is 18.3. The van der Waals surface area contributed by atoms with Crippen molar-refractivity contribution in [1.82, 2.24) is 14.4 Å². The van der Waals surface area contributed by atoms with Crippen LogP contribution in [0.25, 0.3) is 0 Å². The molecule has 2 aromatic heterocycles. The maximum atomic E-state index is 13.7. The van der Waals surface area contributed by atoms with Crippen LogP contribution in [0.3, 0.4) is 0 Å². The highest BCUT2D eigenvalue weighted by Crippen LogP contribution is 2.34. The Hall–Kier alpha value is -2.54. The van der Waals surface area contributed by atoms with E-state index in [4.69, 9.17) is 16.0 Å². The SMILES string of the molecule is CCN1CCN([C@H](c2ccc(Cl)cc2)c2c(O)cc(C)n(Cc3ccco3)c2=O)CC1. The first-order valence-electron chi connectivity index (χ1n) is 10.7. The summed E-state index contributed by atoms with van der Waals surface area (Å²) in [5.41, 5.74) is 1.82. The molecule has 7 heteroatoms. The molecule has 1 aliphatic heterocycles. The fraction of sp³-hybridized carbons (Fsp3) is 0.375. The lowest BCUT2D eigenvalue weighted by molar-refractivity contribution is 0.111. The topological polar surface area (TPSA) is 61.9 Å². The quantitative estimate of drug-likeness (QED) is 0.629. The molecule has 6 nitrogen and oxygen atoms in total. The van der Waals surface area contributed by atoms with Crippen molar-refractivity contribution in [3.63, 3.8) is 0 Å². The molecule has 0 unspecified atom stereocenters. The fourth-order valence-electron chi connectivity index (χ4n) is 4.32. The first-order chi connectivity index (χ1) is 15.0. The van der Waals surface area contributed by atoms with Crippen LogP contribution in [-0.4, -0.2) is 52.2 Å². The second-order valence-electron chi connectivity index (χ2n) is 7.98. The minimum atomic E-state index is -0.354. The van der Waals surface area contributed by atoms with Crippen LogP contribution in [0.4, 0.5) is 0 Å². The van der Waals surface area contributed by atoms with E-state index in [9.17, 15) is 9.90 Å². The number of benzene rings is 1. The highest BCUT2D eigenvalue weighted by molar-refractivity contribution is 6.30. The van der Waals surface area contributed by atoms with Gasteiger partial charge in [0.05, 0.1) is 24.4 Å². The van der Waals surface area contributed by atoms with Crippen molar-refractivity contribution in [3.05, 3.63) is 86.7 Å². The van der Waals surface area contributed by atoms with E-state index < -0.39 is 0 Å². The number of piperazine rings is 1.